The fraction of sp³-hybridized carbons (Fsp3) is 0.571. The average Bonchev–Trinajstić information content (AvgIpc) is 2.74. The summed E-state index contributed by atoms with van der Waals surface area (Å²) >= 11 is 0. The Labute approximate surface area is 229 Å². The summed E-state index contributed by atoms with van der Waals surface area (Å²) in [6, 6.07) is 14.6. The zero-order valence-electron chi connectivity index (χ0n) is 22.4. The minimum absolute atomic E-state index is 0. The Morgan fingerprint density at radius 3 is 1.29 bits per heavy atom. The van der Waals surface area contributed by atoms with Crippen LogP contribution in [0.5, 0.6) is 11.5 Å². The molecule has 2 aromatic rings. The van der Waals surface area contributed by atoms with Gasteiger partial charge in [-0.1, -0.05) is 104 Å². The van der Waals surface area contributed by atoms with E-state index in [4.69, 9.17) is 9.05 Å². The first-order chi connectivity index (χ1) is 15.5. The Morgan fingerprint density at radius 2 is 1.00 bits per heavy atom. The van der Waals surface area contributed by atoms with E-state index >= 15 is 0 Å². The predicted octanol–water partition coefficient (Wildman–Crippen LogP) is 5.33. The average molecular weight is 497 g/mol. The summed E-state index contributed by atoms with van der Waals surface area (Å²) in [4.78, 5) is 12.5. The first-order valence-electron chi connectivity index (χ1n) is 12.4. The molecule has 2 rings (SSSR count). The molecule has 0 heterocycles. The monoisotopic (exact) mass is 496 g/mol. The maximum atomic E-state index is 12.5. The van der Waals surface area contributed by atoms with Gasteiger partial charge in [0.25, 0.3) is 0 Å². The smallest absolute Gasteiger partial charge is 0.736 e. The Bertz CT molecular complexity index is 820. The molecule has 2 aromatic carbocycles. The van der Waals surface area contributed by atoms with E-state index < -0.39 is 7.82 Å². The zero-order chi connectivity index (χ0) is 24.5. The molecule has 0 atom stereocenters. The van der Waals surface area contributed by atoms with Gasteiger partial charge in [-0.3, -0.25) is 0 Å². The third-order valence-corrected chi connectivity index (χ3v) is 7.39. The predicted molar refractivity (Wildman–Crippen MR) is 136 cm³/mol. The van der Waals surface area contributed by atoms with E-state index in [-0.39, 0.29) is 51.9 Å². The van der Waals surface area contributed by atoms with Gasteiger partial charge in [0.05, 0.1) is 0 Å². The largest absolute Gasteiger partial charge is 1.00 e. The van der Waals surface area contributed by atoms with E-state index in [9.17, 15) is 9.46 Å². The molecule has 0 aliphatic rings. The molecule has 0 amide bonds. The van der Waals surface area contributed by atoms with Crippen LogP contribution in [-0.2, 0) is 15.4 Å². The van der Waals surface area contributed by atoms with Crippen LogP contribution >= 0.6 is 7.82 Å². The van der Waals surface area contributed by atoms with E-state index in [0.717, 1.165) is 12.8 Å². The van der Waals surface area contributed by atoms with Crippen molar-refractivity contribution in [3.05, 3.63) is 59.7 Å². The summed E-state index contributed by atoms with van der Waals surface area (Å²) in [5.74, 6) is 0.519. The van der Waals surface area contributed by atoms with Crippen LogP contribution in [0.3, 0.4) is 0 Å². The van der Waals surface area contributed by atoms with Gasteiger partial charge in [-0.25, -0.2) is 4.57 Å². The Hall–Kier alpha value is -0.770. The van der Waals surface area contributed by atoms with Gasteiger partial charge in [0, 0.05) is 0 Å². The van der Waals surface area contributed by atoms with Gasteiger partial charge in [-0.05, 0) is 59.1 Å². The van der Waals surface area contributed by atoms with E-state index in [2.05, 4.69) is 41.5 Å². The maximum absolute atomic E-state index is 12.5. The number of benzene rings is 2. The molecular weight excluding hydrogens is 454 g/mol. The van der Waals surface area contributed by atoms with Gasteiger partial charge in [0.2, 0.25) is 0 Å². The first kappa shape index (κ1) is 31.3. The molecule has 0 saturated heterocycles. The van der Waals surface area contributed by atoms with Crippen LogP contribution in [-0.4, -0.2) is 0 Å². The van der Waals surface area contributed by atoms with Crippen molar-refractivity contribution in [2.75, 3.05) is 0 Å². The number of hydrogen-bond donors (Lipinski definition) is 0. The molecule has 0 unspecified atom stereocenters. The minimum atomic E-state index is -4.54. The van der Waals surface area contributed by atoms with E-state index in [1.54, 1.807) is 24.3 Å². The van der Waals surface area contributed by atoms with Crippen molar-refractivity contribution in [1.29, 1.82) is 0 Å². The number of unbranched alkanes of at least 4 members (excludes halogenated alkanes) is 4. The van der Waals surface area contributed by atoms with Crippen molar-refractivity contribution in [1.82, 2.24) is 0 Å². The summed E-state index contributed by atoms with van der Waals surface area (Å²) in [5.41, 5.74) is 2.42. The minimum Gasteiger partial charge on any atom is -0.736 e. The number of hydrogen-bond acceptors (Lipinski definition) is 4. The van der Waals surface area contributed by atoms with E-state index in [1.807, 2.05) is 24.3 Å². The first-order valence-corrected chi connectivity index (χ1v) is 13.9. The summed E-state index contributed by atoms with van der Waals surface area (Å²) in [6.07, 6.45) is 9.38. The van der Waals surface area contributed by atoms with Crippen LogP contribution < -0.4 is 43.5 Å². The summed E-state index contributed by atoms with van der Waals surface area (Å²) in [5, 5.41) is 0. The SMILES string of the molecule is CCCCCC(C)(C)c1ccc(OP(=O)([O-])Oc2ccc(C(C)(C)CCCCC)cc2)cc1.[Na+]. The summed E-state index contributed by atoms with van der Waals surface area (Å²) in [7, 11) is -4.54. The fourth-order valence-corrected chi connectivity index (χ4v) is 4.93. The molecule has 0 aliphatic carbocycles. The number of phosphoric acid groups is 1. The fourth-order valence-electron chi connectivity index (χ4n) is 4.13. The molecule has 0 aliphatic heterocycles. The number of phosphoric ester groups is 1. The molecule has 0 saturated carbocycles. The molecule has 0 bridgehead atoms. The molecule has 184 valence electrons. The molecule has 0 N–H and O–H groups in total. The third kappa shape index (κ3) is 10.1. The second-order valence-corrected chi connectivity index (χ2v) is 11.6. The normalized spacial score (nSPS) is 12.2. The molecular formula is C28H42NaO4P. The van der Waals surface area contributed by atoms with Gasteiger partial charge in [0.15, 0.2) is 0 Å². The summed E-state index contributed by atoms with van der Waals surface area (Å²) in [6.45, 7) is 13.3. The van der Waals surface area contributed by atoms with Crippen LogP contribution in [0.4, 0.5) is 0 Å². The van der Waals surface area contributed by atoms with Crippen molar-refractivity contribution in [3.63, 3.8) is 0 Å². The quantitative estimate of drug-likeness (QED) is 0.201. The summed E-state index contributed by atoms with van der Waals surface area (Å²) < 4.78 is 22.9. The van der Waals surface area contributed by atoms with Crippen LogP contribution in [0, 0.1) is 0 Å². The standard InChI is InChI=1S/C28H43O4P.Na/c1-7-9-11-21-27(3,4)23-13-17-25(18-14-23)31-33(29,30)32-26-19-15-24(16-20-26)28(5,6)22-12-10-8-2;/h13-20H,7-12,21-22H2,1-6H3,(H,29,30);/q;+1/p-1. The van der Waals surface area contributed by atoms with Crippen molar-refractivity contribution in [3.8, 4) is 11.5 Å². The Balaban J connectivity index is 0.00000578. The van der Waals surface area contributed by atoms with Crippen molar-refractivity contribution < 1.29 is 48.1 Å². The second kappa shape index (κ2) is 14.1. The molecule has 0 spiro atoms. The number of rotatable bonds is 14. The van der Waals surface area contributed by atoms with Crippen molar-refractivity contribution in [2.24, 2.45) is 0 Å². The molecule has 6 heteroatoms. The van der Waals surface area contributed by atoms with E-state index in [1.165, 1.54) is 49.7 Å². The van der Waals surface area contributed by atoms with Crippen LogP contribution in [0.25, 0.3) is 0 Å². The van der Waals surface area contributed by atoms with Gasteiger partial charge in [-0.15, -0.1) is 0 Å². The molecule has 4 nitrogen and oxygen atoms in total. The zero-order valence-corrected chi connectivity index (χ0v) is 25.3. The van der Waals surface area contributed by atoms with E-state index in [0.29, 0.717) is 0 Å². The van der Waals surface area contributed by atoms with Crippen molar-refractivity contribution in [2.45, 2.75) is 104 Å². The molecule has 34 heavy (non-hydrogen) atoms. The third-order valence-electron chi connectivity index (χ3n) is 6.52. The van der Waals surface area contributed by atoms with Crippen LogP contribution in [0.15, 0.2) is 48.5 Å². The molecule has 0 radical (unpaired) electrons. The topological polar surface area (TPSA) is 58.6 Å². The van der Waals surface area contributed by atoms with Gasteiger partial charge < -0.3 is 13.9 Å². The molecule has 0 aromatic heterocycles. The van der Waals surface area contributed by atoms with Crippen LogP contribution in [0.1, 0.15) is 104 Å². The van der Waals surface area contributed by atoms with Gasteiger partial charge in [-0.2, -0.15) is 0 Å². The maximum Gasteiger partial charge on any atom is 1.00 e. The molecule has 0 fully saturated rings. The van der Waals surface area contributed by atoms with Crippen molar-refractivity contribution >= 4 is 7.82 Å². The Kier molecular flexibility index (Phi) is 13.0. The van der Waals surface area contributed by atoms with Gasteiger partial charge >= 0.3 is 37.4 Å². The second-order valence-electron chi connectivity index (χ2n) is 10.4. The van der Waals surface area contributed by atoms with Crippen LogP contribution in [0.2, 0.25) is 0 Å². The van der Waals surface area contributed by atoms with Gasteiger partial charge in [0.1, 0.15) is 11.5 Å². The Morgan fingerprint density at radius 1 is 0.676 bits per heavy atom.